The fourth-order valence-electron chi connectivity index (χ4n) is 2.46. The molecule has 2 N–H and O–H groups in total. The summed E-state index contributed by atoms with van der Waals surface area (Å²) in [5.74, 6) is -0.0773. The zero-order chi connectivity index (χ0) is 13.8. The number of hydrogen-bond acceptors (Lipinski definition) is 3. The molecule has 1 heterocycles. The number of nitrogens with one attached hydrogen (secondary N) is 2. The quantitative estimate of drug-likeness (QED) is 0.792. The molecule has 0 aromatic rings. The molecule has 1 aliphatic heterocycles. The van der Waals surface area contributed by atoms with Gasteiger partial charge in [-0.25, -0.2) is 0 Å². The Kier molecular flexibility index (Phi) is 7.37. The molecule has 6 heteroatoms. The van der Waals surface area contributed by atoms with E-state index in [-0.39, 0.29) is 36.8 Å². The molecule has 1 fully saturated rings. The van der Waals surface area contributed by atoms with E-state index in [1.54, 1.807) is 7.05 Å². The van der Waals surface area contributed by atoms with Gasteiger partial charge in [-0.1, -0.05) is 6.92 Å². The van der Waals surface area contributed by atoms with E-state index in [1.807, 2.05) is 20.8 Å². The minimum atomic E-state index is -0.452. The lowest BCUT2D eigenvalue weighted by atomic mass is 9.92. The predicted molar refractivity (Wildman–Crippen MR) is 78.4 cm³/mol. The Bertz CT molecular complexity index is 315. The average molecular weight is 292 g/mol. The van der Waals surface area contributed by atoms with Gasteiger partial charge in [0, 0.05) is 13.1 Å². The van der Waals surface area contributed by atoms with E-state index < -0.39 is 5.54 Å². The van der Waals surface area contributed by atoms with E-state index >= 15 is 0 Å². The maximum absolute atomic E-state index is 12.4. The van der Waals surface area contributed by atoms with Gasteiger partial charge in [0.05, 0.1) is 12.1 Å². The van der Waals surface area contributed by atoms with Gasteiger partial charge >= 0.3 is 0 Å². The van der Waals surface area contributed by atoms with Crippen LogP contribution in [0.2, 0.25) is 0 Å². The summed E-state index contributed by atoms with van der Waals surface area (Å²) in [6, 6.07) is 0.103. The van der Waals surface area contributed by atoms with Crippen molar-refractivity contribution in [3.63, 3.8) is 0 Å². The number of nitrogens with zero attached hydrogens (tertiary/aromatic N) is 1. The Morgan fingerprint density at radius 2 is 2.05 bits per heavy atom. The van der Waals surface area contributed by atoms with Gasteiger partial charge in [-0.15, -0.1) is 12.4 Å². The first-order chi connectivity index (χ1) is 8.41. The lowest BCUT2D eigenvalue weighted by Crippen LogP contribution is -2.55. The Balaban J connectivity index is 0.00000324. The lowest BCUT2D eigenvalue weighted by Gasteiger charge is -2.31. The number of carbonyl (C=O) groups is 2. The average Bonchev–Trinajstić information content (AvgIpc) is 2.76. The number of amides is 2. The molecule has 2 amide bonds. The van der Waals surface area contributed by atoms with Crippen LogP contribution in [-0.2, 0) is 9.59 Å². The summed E-state index contributed by atoms with van der Waals surface area (Å²) in [6.07, 6.45) is 2.64. The Labute approximate surface area is 121 Å². The summed E-state index contributed by atoms with van der Waals surface area (Å²) < 4.78 is 0. The molecule has 0 aliphatic carbocycles. The van der Waals surface area contributed by atoms with Crippen molar-refractivity contribution in [1.29, 1.82) is 0 Å². The maximum atomic E-state index is 12.4. The minimum Gasteiger partial charge on any atom is -0.352 e. The topological polar surface area (TPSA) is 61.4 Å². The molecule has 19 heavy (non-hydrogen) atoms. The fourth-order valence-corrected chi connectivity index (χ4v) is 2.46. The van der Waals surface area contributed by atoms with Crippen LogP contribution in [0, 0.1) is 0 Å². The molecule has 1 rings (SSSR count). The minimum absolute atomic E-state index is 0. The molecule has 112 valence electrons. The van der Waals surface area contributed by atoms with Crippen molar-refractivity contribution in [3.05, 3.63) is 0 Å². The number of hydrogen-bond donors (Lipinski definition) is 2. The van der Waals surface area contributed by atoms with E-state index in [1.165, 1.54) is 4.90 Å². The van der Waals surface area contributed by atoms with Gasteiger partial charge < -0.3 is 15.5 Å². The predicted octanol–water partition coefficient (Wildman–Crippen LogP) is 0.923. The molecule has 1 aliphatic rings. The van der Waals surface area contributed by atoms with Crippen LogP contribution in [-0.4, -0.2) is 48.4 Å². The highest BCUT2D eigenvalue weighted by atomic mass is 35.5. The van der Waals surface area contributed by atoms with Crippen molar-refractivity contribution in [1.82, 2.24) is 15.5 Å². The molecule has 0 bridgehead atoms. The summed E-state index contributed by atoms with van der Waals surface area (Å²) in [4.78, 5) is 25.6. The van der Waals surface area contributed by atoms with Crippen molar-refractivity contribution in [2.24, 2.45) is 0 Å². The third-order valence-electron chi connectivity index (χ3n) is 3.43. The van der Waals surface area contributed by atoms with Crippen LogP contribution in [0.3, 0.4) is 0 Å². The molecule has 1 unspecified atom stereocenters. The van der Waals surface area contributed by atoms with E-state index in [2.05, 4.69) is 10.6 Å². The van der Waals surface area contributed by atoms with Crippen LogP contribution in [0.15, 0.2) is 0 Å². The maximum Gasteiger partial charge on any atom is 0.243 e. The van der Waals surface area contributed by atoms with E-state index in [0.29, 0.717) is 0 Å². The summed E-state index contributed by atoms with van der Waals surface area (Å²) in [5.41, 5.74) is -0.452. The Hall–Kier alpha value is -0.810. The van der Waals surface area contributed by atoms with Gasteiger partial charge in [0.15, 0.2) is 0 Å². The van der Waals surface area contributed by atoms with Crippen LogP contribution in [0.4, 0.5) is 0 Å². The molecule has 0 aromatic carbocycles. The molecule has 0 saturated carbocycles. The Morgan fingerprint density at radius 1 is 1.42 bits per heavy atom. The van der Waals surface area contributed by atoms with E-state index in [9.17, 15) is 9.59 Å². The van der Waals surface area contributed by atoms with Crippen molar-refractivity contribution in [2.75, 3.05) is 20.1 Å². The first-order valence-corrected chi connectivity index (χ1v) is 6.71. The molecule has 1 saturated heterocycles. The second-order valence-corrected chi connectivity index (χ2v) is 5.35. The van der Waals surface area contributed by atoms with Gasteiger partial charge in [0.2, 0.25) is 11.8 Å². The molecular weight excluding hydrogens is 266 g/mol. The number of carbonyl (C=O) groups excluding carboxylic acids is 2. The first kappa shape index (κ1) is 18.2. The fraction of sp³-hybridized carbons (Fsp3) is 0.846. The smallest absolute Gasteiger partial charge is 0.243 e. The number of halogens is 1. The Morgan fingerprint density at radius 3 is 2.47 bits per heavy atom. The second kappa shape index (κ2) is 7.70. The van der Waals surface area contributed by atoms with Crippen molar-refractivity contribution < 1.29 is 9.59 Å². The lowest BCUT2D eigenvalue weighted by molar-refractivity contribution is -0.140. The molecule has 0 radical (unpaired) electrons. The van der Waals surface area contributed by atoms with Crippen LogP contribution < -0.4 is 10.6 Å². The number of rotatable bonds is 5. The highest BCUT2D eigenvalue weighted by Crippen LogP contribution is 2.24. The summed E-state index contributed by atoms with van der Waals surface area (Å²) in [5, 5.41) is 6.09. The standard InChI is InChI=1S/C13H25N3O2.ClH/c1-5-13(7-6-8-14-13)12(18)16(4)9-11(17)15-10(2)3;/h10,14H,5-9H2,1-4H3,(H,15,17);1H. The zero-order valence-corrected chi connectivity index (χ0v) is 13.1. The summed E-state index contributed by atoms with van der Waals surface area (Å²) in [7, 11) is 1.69. The molecule has 0 spiro atoms. The zero-order valence-electron chi connectivity index (χ0n) is 12.3. The first-order valence-electron chi connectivity index (χ1n) is 6.71. The SMILES string of the molecule is CCC1(C(=O)N(C)CC(=O)NC(C)C)CCCN1.Cl. The van der Waals surface area contributed by atoms with Crippen molar-refractivity contribution in [2.45, 2.75) is 51.6 Å². The highest BCUT2D eigenvalue weighted by molar-refractivity contribution is 5.90. The monoisotopic (exact) mass is 291 g/mol. The van der Waals surface area contributed by atoms with Crippen LogP contribution in [0.25, 0.3) is 0 Å². The van der Waals surface area contributed by atoms with E-state index in [4.69, 9.17) is 0 Å². The van der Waals surface area contributed by atoms with Crippen molar-refractivity contribution in [3.8, 4) is 0 Å². The third kappa shape index (κ3) is 4.66. The van der Waals surface area contributed by atoms with Gasteiger partial charge in [0.1, 0.15) is 0 Å². The molecule has 1 atom stereocenters. The summed E-state index contributed by atoms with van der Waals surface area (Å²) >= 11 is 0. The van der Waals surface area contributed by atoms with Crippen molar-refractivity contribution >= 4 is 24.2 Å². The highest BCUT2D eigenvalue weighted by Gasteiger charge is 2.41. The van der Waals surface area contributed by atoms with Crippen LogP contribution >= 0.6 is 12.4 Å². The van der Waals surface area contributed by atoms with Crippen LogP contribution in [0.5, 0.6) is 0 Å². The van der Waals surface area contributed by atoms with Crippen LogP contribution in [0.1, 0.15) is 40.0 Å². The van der Waals surface area contributed by atoms with Gasteiger partial charge in [-0.2, -0.15) is 0 Å². The molecule has 0 aromatic heterocycles. The number of likely N-dealkylation sites (N-methyl/N-ethyl adjacent to an activating group) is 1. The van der Waals surface area contributed by atoms with Gasteiger partial charge in [-0.05, 0) is 39.7 Å². The molecule has 5 nitrogen and oxygen atoms in total. The summed E-state index contributed by atoms with van der Waals surface area (Å²) in [6.45, 7) is 6.84. The van der Waals surface area contributed by atoms with Gasteiger partial charge in [0.25, 0.3) is 0 Å². The van der Waals surface area contributed by atoms with E-state index in [0.717, 1.165) is 25.8 Å². The largest absolute Gasteiger partial charge is 0.352 e. The third-order valence-corrected chi connectivity index (χ3v) is 3.43. The second-order valence-electron chi connectivity index (χ2n) is 5.35. The van der Waals surface area contributed by atoms with Gasteiger partial charge in [-0.3, -0.25) is 9.59 Å². The normalized spacial score (nSPS) is 21.9. The molecular formula is C13H26ClN3O2.